The second-order valence-corrected chi connectivity index (χ2v) is 9.34. The number of nitrogens with zero attached hydrogens (tertiary/aromatic N) is 1. The van der Waals surface area contributed by atoms with Gasteiger partial charge in [0.25, 0.3) is 0 Å². The van der Waals surface area contributed by atoms with E-state index in [1.165, 1.54) is 28.6 Å². The highest BCUT2D eigenvalue weighted by molar-refractivity contribution is 7.89. The molecule has 7 heteroatoms. The Morgan fingerprint density at radius 3 is 2.14 bits per heavy atom. The van der Waals surface area contributed by atoms with Gasteiger partial charge < -0.3 is 5.32 Å². The first kappa shape index (κ1) is 20.5. The molecule has 1 aliphatic rings. The zero-order valence-electron chi connectivity index (χ0n) is 16.1. The predicted molar refractivity (Wildman–Crippen MR) is 107 cm³/mol. The number of sulfonamides is 1. The number of hydrogen-bond acceptors (Lipinski definition) is 3. The van der Waals surface area contributed by atoms with Crippen molar-refractivity contribution >= 4 is 21.6 Å². The highest BCUT2D eigenvalue weighted by atomic mass is 32.2. The summed E-state index contributed by atoms with van der Waals surface area (Å²) in [5.74, 6) is -0.449. The molecule has 0 saturated carbocycles. The number of benzene rings is 2. The number of halogens is 1. The van der Waals surface area contributed by atoms with E-state index in [0.29, 0.717) is 37.5 Å². The van der Waals surface area contributed by atoms with Crippen molar-refractivity contribution in [3.8, 4) is 0 Å². The lowest BCUT2D eigenvalue weighted by Gasteiger charge is -2.30. The molecule has 2 aromatic carbocycles. The molecule has 0 unspecified atom stereocenters. The van der Waals surface area contributed by atoms with Crippen molar-refractivity contribution in [3.05, 3.63) is 59.9 Å². The monoisotopic (exact) mass is 404 g/mol. The third-order valence-corrected chi connectivity index (χ3v) is 7.03. The summed E-state index contributed by atoms with van der Waals surface area (Å²) >= 11 is 0. The van der Waals surface area contributed by atoms with Crippen LogP contribution in [0.5, 0.6) is 0 Å². The SMILES string of the molecule is CC(C)c1ccc(S(=O)(=O)N2CCC(C(=O)Nc3ccc(F)cc3)CC2)cc1. The molecule has 1 aliphatic heterocycles. The van der Waals surface area contributed by atoms with Crippen molar-refractivity contribution < 1.29 is 17.6 Å². The Balaban J connectivity index is 1.60. The summed E-state index contributed by atoms with van der Waals surface area (Å²) in [6, 6.07) is 12.6. The minimum Gasteiger partial charge on any atom is -0.326 e. The fourth-order valence-corrected chi connectivity index (χ4v) is 4.78. The van der Waals surface area contributed by atoms with Crippen LogP contribution in [0.25, 0.3) is 0 Å². The fourth-order valence-electron chi connectivity index (χ4n) is 3.31. The molecule has 2 aromatic rings. The molecular weight excluding hydrogens is 379 g/mol. The third kappa shape index (κ3) is 4.59. The van der Waals surface area contributed by atoms with Gasteiger partial charge in [-0.25, -0.2) is 12.8 Å². The van der Waals surface area contributed by atoms with Crippen molar-refractivity contribution in [3.63, 3.8) is 0 Å². The van der Waals surface area contributed by atoms with Gasteiger partial charge in [0.1, 0.15) is 5.82 Å². The first-order chi connectivity index (χ1) is 13.3. The van der Waals surface area contributed by atoms with Gasteiger partial charge in [-0.3, -0.25) is 4.79 Å². The summed E-state index contributed by atoms with van der Waals surface area (Å²) < 4.78 is 40.1. The molecule has 1 saturated heterocycles. The molecule has 3 rings (SSSR count). The average Bonchev–Trinajstić information content (AvgIpc) is 2.70. The zero-order chi connectivity index (χ0) is 20.3. The van der Waals surface area contributed by atoms with Crippen LogP contribution in [-0.4, -0.2) is 31.7 Å². The van der Waals surface area contributed by atoms with E-state index in [1.807, 2.05) is 12.1 Å². The number of nitrogens with one attached hydrogen (secondary N) is 1. The summed E-state index contributed by atoms with van der Waals surface area (Å²) in [5, 5.41) is 2.77. The van der Waals surface area contributed by atoms with Gasteiger partial charge in [0.15, 0.2) is 0 Å². The lowest BCUT2D eigenvalue weighted by atomic mass is 9.97. The highest BCUT2D eigenvalue weighted by Crippen LogP contribution is 2.26. The first-order valence-corrected chi connectivity index (χ1v) is 10.9. The number of anilines is 1. The molecular formula is C21H25FN2O3S. The number of rotatable bonds is 5. The van der Waals surface area contributed by atoms with Crippen LogP contribution in [0.2, 0.25) is 0 Å². The zero-order valence-corrected chi connectivity index (χ0v) is 16.9. The summed E-state index contributed by atoms with van der Waals surface area (Å²) in [7, 11) is -3.56. The predicted octanol–water partition coefficient (Wildman–Crippen LogP) is 3.99. The Hall–Kier alpha value is -2.25. The normalized spacial score (nSPS) is 16.3. The van der Waals surface area contributed by atoms with Gasteiger partial charge in [0.2, 0.25) is 15.9 Å². The summed E-state index contributed by atoms with van der Waals surface area (Å²) in [5.41, 5.74) is 1.63. The Kier molecular flexibility index (Phi) is 6.15. The average molecular weight is 405 g/mol. The number of hydrogen-bond donors (Lipinski definition) is 1. The summed E-state index contributed by atoms with van der Waals surface area (Å²) in [4.78, 5) is 12.7. The van der Waals surface area contributed by atoms with E-state index in [0.717, 1.165) is 5.56 Å². The molecule has 0 atom stereocenters. The molecule has 0 aliphatic carbocycles. The van der Waals surface area contributed by atoms with Crippen molar-refractivity contribution in [1.82, 2.24) is 4.31 Å². The van der Waals surface area contributed by atoms with Gasteiger partial charge >= 0.3 is 0 Å². The maximum atomic E-state index is 13.0. The van der Waals surface area contributed by atoms with Crippen LogP contribution in [0.4, 0.5) is 10.1 Å². The Bertz CT molecular complexity index is 917. The van der Waals surface area contributed by atoms with Crippen LogP contribution < -0.4 is 5.32 Å². The molecule has 0 radical (unpaired) electrons. The number of carbonyl (C=O) groups is 1. The lowest BCUT2D eigenvalue weighted by molar-refractivity contribution is -0.120. The molecule has 0 aromatic heterocycles. The van der Waals surface area contributed by atoms with Crippen LogP contribution in [-0.2, 0) is 14.8 Å². The quantitative estimate of drug-likeness (QED) is 0.819. The van der Waals surface area contributed by atoms with E-state index in [4.69, 9.17) is 0 Å². The smallest absolute Gasteiger partial charge is 0.243 e. The van der Waals surface area contributed by atoms with E-state index >= 15 is 0 Å². The molecule has 0 spiro atoms. The minimum atomic E-state index is -3.56. The van der Waals surface area contributed by atoms with E-state index in [2.05, 4.69) is 19.2 Å². The maximum Gasteiger partial charge on any atom is 0.243 e. The van der Waals surface area contributed by atoms with E-state index in [9.17, 15) is 17.6 Å². The van der Waals surface area contributed by atoms with Crippen molar-refractivity contribution in [2.45, 2.75) is 37.5 Å². The molecule has 28 heavy (non-hydrogen) atoms. The highest BCUT2D eigenvalue weighted by Gasteiger charge is 2.32. The van der Waals surface area contributed by atoms with Gasteiger partial charge in [0.05, 0.1) is 4.90 Å². The largest absolute Gasteiger partial charge is 0.326 e. The topological polar surface area (TPSA) is 66.5 Å². The maximum absolute atomic E-state index is 13.0. The fraction of sp³-hybridized carbons (Fsp3) is 0.381. The minimum absolute atomic E-state index is 0.162. The van der Waals surface area contributed by atoms with Crippen LogP contribution in [0.1, 0.15) is 38.2 Å². The molecule has 0 bridgehead atoms. The molecule has 1 heterocycles. The second kappa shape index (κ2) is 8.41. The second-order valence-electron chi connectivity index (χ2n) is 7.40. The van der Waals surface area contributed by atoms with Crippen LogP contribution in [0, 0.1) is 11.7 Å². The van der Waals surface area contributed by atoms with Gasteiger partial charge in [-0.2, -0.15) is 4.31 Å². The van der Waals surface area contributed by atoms with E-state index in [1.54, 1.807) is 12.1 Å². The Morgan fingerprint density at radius 2 is 1.61 bits per heavy atom. The standard InChI is InChI=1S/C21H25FN2O3S/c1-15(2)16-3-9-20(10-4-16)28(26,27)24-13-11-17(12-14-24)21(25)23-19-7-5-18(22)6-8-19/h3-10,15,17H,11-14H2,1-2H3,(H,23,25). The Labute approximate surface area is 165 Å². The molecule has 1 amide bonds. The van der Waals surface area contributed by atoms with Crippen molar-refractivity contribution in [1.29, 1.82) is 0 Å². The van der Waals surface area contributed by atoms with Gasteiger partial charge in [-0.05, 0) is 60.7 Å². The third-order valence-electron chi connectivity index (χ3n) is 5.12. The van der Waals surface area contributed by atoms with E-state index in [-0.39, 0.29) is 22.5 Å². The van der Waals surface area contributed by atoms with Crippen LogP contribution in [0.3, 0.4) is 0 Å². The summed E-state index contributed by atoms with van der Waals surface area (Å²) in [6.07, 6.45) is 0.909. The van der Waals surface area contributed by atoms with E-state index < -0.39 is 10.0 Å². The number of piperidine rings is 1. The van der Waals surface area contributed by atoms with Crippen molar-refractivity contribution in [2.75, 3.05) is 18.4 Å². The van der Waals surface area contributed by atoms with Crippen molar-refractivity contribution in [2.24, 2.45) is 5.92 Å². The van der Waals surface area contributed by atoms with Gasteiger partial charge in [-0.1, -0.05) is 26.0 Å². The summed E-state index contributed by atoms with van der Waals surface area (Å²) in [6.45, 7) is 4.72. The molecule has 5 nitrogen and oxygen atoms in total. The Morgan fingerprint density at radius 1 is 1.04 bits per heavy atom. The number of carbonyl (C=O) groups excluding carboxylic acids is 1. The first-order valence-electron chi connectivity index (χ1n) is 9.44. The number of amides is 1. The van der Waals surface area contributed by atoms with Gasteiger partial charge in [-0.15, -0.1) is 0 Å². The molecule has 1 fully saturated rings. The lowest BCUT2D eigenvalue weighted by Crippen LogP contribution is -2.41. The molecule has 150 valence electrons. The van der Waals surface area contributed by atoms with Crippen LogP contribution >= 0.6 is 0 Å². The van der Waals surface area contributed by atoms with Crippen LogP contribution in [0.15, 0.2) is 53.4 Å². The molecule has 1 N–H and O–H groups in total. The van der Waals surface area contributed by atoms with Gasteiger partial charge in [0, 0.05) is 24.7 Å².